The molecule has 1 aliphatic rings. The van der Waals surface area contributed by atoms with Gasteiger partial charge in [-0.2, -0.15) is 0 Å². The van der Waals surface area contributed by atoms with E-state index in [2.05, 4.69) is 21.2 Å². The van der Waals surface area contributed by atoms with Crippen LogP contribution in [0.1, 0.15) is 50.5 Å². The van der Waals surface area contributed by atoms with Crippen LogP contribution in [0, 0.1) is 10.1 Å². The SMILES string of the molecule is O=[N+]([O-])c1cc(Br)ccc1CNC1CCCCCCC1. The highest BCUT2D eigenvalue weighted by molar-refractivity contribution is 9.10. The van der Waals surface area contributed by atoms with Gasteiger partial charge in [0, 0.05) is 28.7 Å². The number of benzene rings is 1. The Balaban J connectivity index is 1.97. The van der Waals surface area contributed by atoms with Crippen LogP contribution in [0.3, 0.4) is 0 Å². The maximum absolute atomic E-state index is 11.1. The van der Waals surface area contributed by atoms with Crippen LogP contribution in [-0.4, -0.2) is 11.0 Å². The summed E-state index contributed by atoms with van der Waals surface area (Å²) in [6, 6.07) is 5.77. The average Bonchev–Trinajstić information content (AvgIpc) is 2.38. The summed E-state index contributed by atoms with van der Waals surface area (Å²) in [5.74, 6) is 0. The standard InChI is InChI=1S/C15H21BrN2O2/c16-13-9-8-12(15(10-13)18(19)20)11-17-14-6-4-2-1-3-5-7-14/h8-10,14,17H,1-7,11H2. The van der Waals surface area contributed by atoms with Crippen LogP contribution in [0.2, 0.25) is 0 Å². The molecule has 20 heavy (non-hydrogen) atoms. The number of nitro groups is 1. The molecule has 0 heterocycles. The Bertz CT molecular complexity index is 457. The minimum atomic E-state index is -0.306. The monoisotopic (exact) mass is 340 g/mol. The molecule has 0 unspecified atom stereocenters. The molecule has 1 aliphatic carbocycles. The minimum absolute atomic E-state index is 0.192. The Morgan fingerprint density at radius 3 is 2.50 bits per heavy atom. The van der Waals surface area contributed by atoms with Crippen LogP contribution in [-0.2, 0) is 6.54 Å². The Morgan fingerprint density at radius 1 is 1.20 bits per heavy atom. The number of nitrogens with one attached hydrogen (secondary N) is 1. The van der Waals surface area contributed by atoms with Gasteiger partial charge < -0.3 is 5.32 Å². The maximum Gasteiger partial charge on any atom is 0.275 e. The molecule has 0 spiro atoms. The summed E-state index contributed by atoms with van der Waals surface area (Å²) >= 11 is 3.29. The van der Waals surface area contributed by atoms with Gasteiger partial charge >= 0.3 is 0 Å². The Morgan fingerprint density at radius 2 is 1.85 bits per heavy atom. The third kappa shape index (κ3) is 4.56. The van der Waals surface area contributed by atoms with Crippen LogP contribution in [0.4, 0.5) is 5.69 Å². The smallest absolute Gasteiger partial charge is 0.275 e. The van der Waals surface area contributed by atoms with Gasteiger partial charge in [0.2, 0.25) is 0 Å². The van der Waals surface area contributed by atoms with Gasteiger partial charge in [0.05, 0.1) is 4.92 Å². The van der Waals surface area contributed by atoms with Crippen LogP contribution < -0.4 is 5.32 Å². The van der Waals surface area contributed by atoms with E-state index in [0.29, 0.717) is 12.6 Å². The fourth-order valence-electron chi connectivity index (χ4n) is 2.77. The van der Waals surface area contributed by atoms with Gasteiger partial charge in [-0.05, 0) is 25.0 Å². The fraction of sp³-hybridized carbons (Fsp3) is 0.600. The van der Waals surface area contributed by atoms with E-state index in [1.165, 1.54) is 44.9 Å². The van der Waals surface area contributed by atoms with E-state index >= 15 is 0 Å². The summed E-state index contributed by atoms with van der Waals surface area (Å²) in [6.45, 7) is 0.578. The molecule has 0 saturated heterocycles. The first-order chi connectivity index (χ1) is 9.66. The number of nitro benzene ring substituents is 1. The average molecular weight is 341 g/mol. The molecule has 0 bridgehead atoms. The van der Waals surface area contributed by atoms with Crippen molar-refractivity contribution in [3.63, 3.8) is 0 Å². The van der Waals surface area contributed by atoms with E-state index in [1.54, 1.807) is 6.07 Å². The molecule has 1 N–H and O–H groups in total. The molecule has 5 heteroatoms. The zero-order chi connectivity index (χ0) is 14.4. The Labute approximate surface area is 128 Å². The minimum Gasteiger partial charge on any atom is -0.310 e. The molecule has 1 aromatic carbocycles. The molecule has 0 amide bonds. The van der Waals surface area contributed by atoms with E-state index in [9.17, 15) is 10.1 Å². The van der Waals surface area contributed by atoms with E-state index in [1.807, 2.05) is 12.1 Å². The molecule has 0 aromatic heterocycles. The van der Waals surface area contributed by atoms with Crippen LogP contribution in [0.15, 0.2) is 22.7 Å². The van der Waals surface area contributed by atoms with Gasteiger partial charge in [-0.15, -0.1) is 0 Å². The molecule has 2 rings (SSSR count). The number of hydrogen-bond donors (Lipinski definition) is 1. The number of halogens is 1. The summed E-state index contributed by atoms with van der Waals surface area (Å²) in [5.41, 5.74) is 0.956. The zero-order valence-corrected chi connectivity index (χ0v) is 13.2. The van der Waals surface area contributed by atoms with E-state index in [0.717, 1.165) is 10.0 Å². The van der Waals surface area contributed by atoms with E-state index in [-0.39, 0.29) is 10.6 Å². The van der Waals surface area contributed by atoms with Gasteiger partial charge in [-0.3, -0.25) is 10.1 Å². The lowest BCUT2D eigenvalue weighted by molar-refractivity contribution is -0.385. The fourth-order valence-corrected chi connectivity index (χ4v) is 3.12. The molecular weight excluding hydrogens is 320 g/mol. The predicted octanol–water partition coefficient (Wildman–Crippen LogP) is 4.56. The lowest BCUT2D eigenvalue weighted by Crippen LogP contribution is -2.29. The van der Waals surface area contributed by atoms with Gasteiger partial charge in [0.25, 0.3) is 5.69 Å². The highest BCUT2D eigenvalue weighted by Crippen LogP contribution is 2.24. The van der Waals surface area contributed by atoms with Crippen molar-refractivity contribution in [3.8, 4) is 0 Å². The van der Waals surface area contributed by atoms with Crippen molar-refractivity contribution >= 4 is 21.6 Å². The first kappa shape index (κ1) is 15.4. The third-order valence-corrected chi connectivity index (χ3v) is 4.42. The van der Waals surface area contributed by atoms with E-state index < -0.39 is 0 Å². The van der Waals surface area contributed by atoms with Gasteiger partial charge in [0.15, 0.2) is 0 Å². The second kappa shape index (κ2) is 7.74. The third-order valence-electron chi connectivity index (χ3n) is 3.93. The quantitative estimate of drug-likeness (QED) is 0.645. The highest BCUT2D eigenvalue weighted by atomic mass is 79.9. The number of rotatable bonds is 4. The number of nitrogens with zero attached hydrogens (tertiary/aromatic N) is 1. The first-order valence-electron chi connectivity index (χ1n) is 7.33. The normalized spacial score (nSPS) is 17.4. The zero-order valence-electron chi connectivity index (χ0n) is 11.6. The summed E-state index contributed by atoms with van der Waals surface area (Å²) < 4.78 is 0.749. The summed E-state index contributed by atoms with van der Waals surface area (Å²) in [7, 11) is 0. The molecule has 0 aliphatic heterocycles. The Kier molecular flexibility index (Phi) is 5.98. The summed E-state index contributed by atoms with van der Waals surface area (Å²) in [6.07, 6.45) is 8.88. The van der Waals surface area contributed by atoms with Gasteiger partial charge in [0.1, 0.15) is 0 Å². The maximum atomic E-state index is 11.1. The van der Waals surface area contributed by atoms with Gasteiger partial charge in [-0.25, -0.2) is 0 Å². The van der Waals surface area contributed by atoms with Crippen LogP contribution >= 0.6 is 15.9 Å². The molecule has 1 aromatic rings. The van der Waals surface area contributed by atoms with Gasteiger partial charge in [-0.1, -0.05) is 48.0 Å². The molecular formula is C15H21BrN2O2. The molecule has 110 valence electrons. The van der Waals surface area contributed by atoms with Crippen molar-refractivity contribution in [2.24, 2.45) is 0 Å². The molecule has 4 nitrogen and oxygen atoms in total. The van der Waals surface area contributed by atoms with Crippen molar-refractivity contribution in [1.82, 2.24) is 5.32 Å². The van der Waals surface area contributed by atoms with Crippen molar-refractivity contribution < 1.29 is 4.92 Å². The first-order valence-corrected chi connectivity index (χ1v) is 8.12. The van der Waals surface area contributed by atoms with Crippen molar-refractivity contribution in [1.29, 1.82) is 0 Å². The Hall–Kier alpha value is -0.940. The number of hydrogen-bond acceptors (Lipinski definition) is 3. The summed E-state index contributed by atoms with van der Waals surface area (Å²) in [5, 5.41) is 14.6. The van der Waals surface area contributed by atoms with E-state index in [4.69, 9.17) is 0 Å². The lowest BCUT2D eigenvalue weighted by atomic mass is 9.96. The second-order valence-electron chi connectivity index (χ2n) is 5.45. The van der Waals surface area contributed by atoms with Crippen molar-refractivity contribution in [2.75, 3.05) is 0 Å². The summed E-state index contributed by atoms with van der Waals surface area (Å²) in [4.78, 5) is 10.8. The topological polar surface area (TPSA) is 55.2 Å². The van der Waals surface area contributed by atoms with Crippen LogP contribution in [0.5, 0.6) is 0 Å². The lowest BCUT2D eigenvalue weighted by Gasteiger charge is -2.21. The molecule has 1 fully saturated rings. The molecule has 0 atom stereocenters. The van der Waals surface area contributed by atoms with Crippen molar-refractivity contribution in [2.45, 2.75) is 57.5 Å². The van der Waals surface area contributed by atoms with Crippen LogP contribution in [0.25, 0.3) is 0 Å². The largest absolute Gasteiger partial charge is 0.310 e. The highest BCUT2D eigenvalue weighted by Gasteiger charge is 2.16. The predicted molar refractivity (Wildman–Crippen MR) is 83.7 cm³/mol. The molecule has 0 radical (unpaired) electrons. The molecule has 1 saturated carbocycles. The second-order valence-corrected chi connectivity index (χ2v) is 6.37. The van der Waals surface area contributed by atoms with Crippen molar-refractivity contribution in [3.05, 3.63) is 38.3 Å².